The number of rotatable bonds is 9. The first-order valence-corrected chi connectivity index (χ1v) is 11.3. The molecule has 0 bridgehead atoms. The molecule has 0 saturated carbocycles. The molecule has 0 radical (unpaired) electrons. The quantitative estimate of drug-likeness (QED) is 0.599. The van der Waals surface area contributed by atoms with Gasteiger partial charge in [-0.15, -0.1) is 11.3 Å². The van der Waals surface area contributed by atoms with Crippen molar-refractivity contribution in [3.8, 4) is 11.5 Å². The first-order valence-electron chi connectivity index (χ1n) is 10.4. The van der Waals surface area contributed by atoms with Crippen molar-refractivity contribution in [2.75, 3.05) is 13.3 Å². The van der Waals surface area contributed by atoms with Gasteiger partial charge in [-0.25, -0.2) is 4.98 Å². The number of carbonyl (C=O) groups excluding carboxylic acids is 2. The Morgan fingerprint density at radius 3 is 2.97 bits per heavy atom. The zero-order chi connectivity index (χ0) is 21.0. The molecule has 8 heteroatoms. The van der Waals surface area contributed by atoms with Crippen molar-refractivity contribution in [1.82, 2.24) is 15.6 Å². The molecule has 1 fully saturated rings. The second-order valence-corrected chi connectivity index (χ2v) is 8.95. The molecule has 2 aliphatic rings. The summed E-state index contributed by atoms with van der Waals surface area (Å²) >= 11 is 1.66. The van der Waals surface area contributed by atoms with Crippen molar-refractivity contribution < 1.29 is 19.1 Å². The fourth-order valence-electron chi connectivity index (χ4n) is 4.11. The number of ether oxygens (including phenoxy) is 2. The fraction of sp³-hybridized carbons (Fsp3) is 0.500. The molecule has 0 aliphatic carbocycles. The number of fused-ring (bicyclic) bond motifs is 1. The lowest BCUT2D eigenvalue weighted by atomic mass is 9.85. The Bertz CT molecular complexity index is 929. The van der Waals surface area contributed by atoms with Crippen LogP contribution in [0.25, 0.3) is 0 Å². The zero-order valence-electron chi connectivity index (χ0n) is 17.2. The molecule has 2 aromatic rings. The number of carbonyl (C=O) groups is 2. The van der Waals surface area contributed by atoms with Crippen molar-refractivity contribution in [2.24, 2.45) is 0 Å². The lowest BCUT2D eigenvalue weighted by molar-refractivity contribution is -0.122. The van der Waals surface area contributed by atoms with E-state index in [0.717, 1.165) is 42.0 Å². The van der Waals surface area contributed by atoms with Gasteiger partial charge >= 0.3 is 0 Å². The highest BCUT2D eigenvalue weighted by Crippen LogP contribution is 2.35. The van der Waals surface area contributed by atoms with Gasteiger partial charge in [0.05, 0.1) is 11.2 Å². The Morgan fingerprint density at radius 1 is 1.33 bits per heavy atom. The van der Waals surface area contributed by atoms with Crippen LogP contribution in [0.2, 0.25) is 0 Å². The molecule has 1 aromatic heterocycles. The molecule has 2 aliphatic heterocycles. The number of hydrogen-bond acceptors (Lipinski definition) is 6. The minimum atomic E-state index is -0.387. The van der Waals surface area contributed by atoms with E-state index in [9.17, 15) is 9.59 Å². The Morgan fingerprint density at radius 2 is 2.20 bits per heavy atom. The van der Waals surface area contributed by atoms with Crippen LogP contribution in [0.3, 0.4) is 0 Å². The SMILES string of the molecule is Cc1ncsc1CCCNC(=O)CCC1(Cc2ccc3c(c2)OCO3)CCC(=O)N1. The van der Waals surface area contributed by atoms with E-state index in [-0.39, 0.29) is 24.1 Å². The summed E-state index contributed by atoms with van der Waals surface area (Å²) in [5.41, 5.74) is 3.62. The van der Waals surface area contributed by atoms with Crippen molar-refractivity contribution in [3.05, 3.63) is 39.8 Å². The summed E-state index contributed by atoms with van der Waals surface area (Å²) in [6.07, 6.45) is 4.75. The van der Waals surface area contributed by atoms with Gasteiger partial charge in [0.1, 0.15) is 0 Å². The summed E-state index contributed by atoms with van der Waals surface area (Å²) in [7, 11) is 0. The highest BCUT2D eigenvalue weighted by Gasteiger charge is 2.38. The predicted molar refractivity (Wildman–Crippen MR) is 114 cm³/mol. The summed E-state index contributed by atoms with van der Waals surface area (Å²) in [5, 5.41) is 6.15. The smallest absolute Gasteiger partial charge is 0.231 e. The molecule has 1 atom stereocenters. The average molecular weight is 430 g/mol. The zero-order valence-corrected chi connectivity index (χ0v) is 18.0. The van der Waals surface area contributed by atoms with Crippen LogP contribution < -0.4 is 20.1 Å². The van der Waals surface area contributed by atoms with Crippen LogP contribution in [0.15, 0.2) is 23.7 Å². The number of thiazole rings is 1. The van der Waals surface area contributed by atoms with E-state index in [0.29, 0.717) is 32.2 Å². The molecule has 7 nitrogen and oxygen atoms in total. The minimum absolute atomic E-state index is 0.0298. The van der Waals surface area contributed by atoms with Gasteiger partial charge < -0.3 is 20.1 Å². The first-order chi connectivity index (χ1) is 14.5. The molecular weight excluding hydrogens is 402 g/mol. The molecule has 1 saturated heterocycles. The van der Waals surface area contributed by atoms with Crippen LogP contribution in [0.1, 0.15) is 48.2 Å². The summed E-state index contributed by atoms with van der Waals surface area (Å²) in [4.78, 5) is 29.9. The average Bonchev–Trinajstić information content (AvgIpc) is 3.44. The molecule has 1 unspecified atom stereocenters. The van der Waals surface area contributed by atoms with Crippen LogP contribution in [0, 0.1) is 6.92 Å². The maximum absolute atomic E-state index is 12.4. The number of hydrogen-bond donors (Lipinski definition) is 2. The number of nitrogens with zero attached hydrogens (tertiary/aromatic N) is 1. The molecule has 2 amide bonds. The number of aromatic nitrogens is 1. The topological polar surface area (TPSA) is 89.6 Å². The Kier molecular flexibility index (Phi) is 6.22. The van der Waals surface area contributed by atoms with Crippen molar-refractivity contribution in [2.45, 2.75) is 57.4 Å². The van der Waals surface area contributed by atoms with Crippen molar-refractivity contribution in [3.63, 3.8) is 0 Å². The fourth-order valence-corrected chi connectivity index (χ4v) is 4.93. The number of nitrogens with one attached hydrogen (secondary N) is 2. The Hall–Kier alpha value is -2.61. The molecule has 3 heterocycles. The number of benzene rings is 1. The first kappa shape index (κ1) is 20.7. The van der Waals surface area contributed by atoms with Gasteiger partial charge in [0, 0.05) is 29.8 Å². The van der Waals surface area contributed by atoms with Crippen LogP contribution in [0.5, 0.6) is 11.5 Å². The van der Waals surface area contributed by atoms with E-state index in [2.05, 4.69) is 15.6 Å². The molecule has 4 rings (SSSR count). The molecule has 2 N–H and O–H groups in total. The third-order valence-corrected chi connectivity index (χ3v) is 6.79. The third kappa shape index (κ3) is 4.92. The van der Waals surface area contributed by atoms with Crippen LogP contribution in [-0.2, 0) is 22.4 Å². The highest BCUT2D eigenvalue weighted by atomic mass is 32.1. The van der Waals surface area contributed by atoms with Gasteiger partial charge in [0.2, 0.25) is 18.6 Å². The highest BCUT2D eigenvalue weighted by molar-refractivity contribution is 7.09. The molecule has 160 valence electrons. The molecule has 0 spiro atoms. The molecule has 1 aromatic carbocycles. The van der Waals surface area contributed by atoms with Crippen LogP contribution in [0.4, 0.5) is 0 Å². The minimum Gasteiger partial charge on any atom is -0.454 e. The van der Waals surface area contributed by atoms with E-state index < -0.39 is 0 Å². The van der Waals surface area contributed by atoms with Crippen LogP contribution >= 0.6 is 11.3 Å². The Labute approximate surface area is 180 Å². The third-order valence-electron chi connectivity index (χ3n) is 5.79. The van der Waals surface area contributed by atoms with Gasteiger partial charge in [-0.1, -0.05) is 6.07 Å². The van der Waals surface area contributed by atoms with Crippen LogP contribution in [-0.4, -0.2) is 35.7 Å². The lowest BCUT2D eigenvalue weighted by Crippen LogP contribution is -2.44. The lowest BCUT2D eigenvalue weighted by Gasteiger charge is -2.29. The van der Waals surface area contributed by atoms with E-state index >= 15 is 0 Å². The van der Waals surface area contributed by atoms with Gasteiger partial charge in [-0.05, 0) is 56.7 Å². The summed E-state index contributed by atoms with van der Waals surface area (Å²) < 4.78 is 10.8. The van der Waals surface area contributed by atoms with Crippen molar-refractivity contribution >= 4 is 23.2 Å². The largest absolute Gasteiger partial charge is 0.454 e. The van der Waals surface area contributed by atoms with Gasteiger partial charge in [0.25, 0.3) is 0 Å². The molecule has 30 heavy (non-hydrogen) atoms. The van der Waals surface area contributed by atoms with E-state index in [1.807, 2.05) is 30.6 Å². The second-order valence-electron chi connectivity index (χ2n) is 8.01. The summed E-state index contributed by atoms with van der Waals surface area (Å²) in [6, 6.07) is 5.87. The maximum atomic E-state index is 12.4. The van der Waals surface area contributed by atoms with Gasteiger partial charge in [-0.2, -0.15) is 0 Å². The number of amides is 2. The second kappa shape index (κ2) is 9.04. The summed E-state index contributed by atoms with van der Waals surface area (Å²) in [5.74, 6) is 1.57. The Balaban J connectivity index is 1.28. The maximum Gasteiger partial charge on any atom is 0.231 e. The summed E-state index contributed by atoms with van der Waals surface area (Å²) in [6.45, 7) is 2.90. The van der Waals surface area contributed by atoms with Gasteiger partial charge in [0.15, 0.2) is 11.5 Å². The van der Waals surface area contributed by atoms with Gasteiger partial charge in [-0.3, -0.25) is 9.59 Å². The number of aryl methyl sites for hydroxylation is 2. The van der Waals surface area contributed by atoms with Crippen molar-refractivity contribution in [1.29, 1.82) is 0 Å². The van der Waals surface area contributed by atoms with E-state index in [4.69, 9.17) is 9.47 Å². The normalized spacial score (nSPS) is 19.7. The monoisotopic (exact) mass is 429 g/mol. The van der Waals surface area contributed by atoms with E-state index in [1.54, 1.807) is 11.3 Å². The predicted octanol–water partition coefficient (Wildman–Crippen LogP) is 2.90. The molecular formula is C22H27N3O4S. The standard InChI is InChI=1S/C22H27N3O4S/c1-15-19(30-13-24-15)3-2-10-23-20(26)6-8-22(9-7-21(27)25-22)12-16-4-5-17-18(11-16)29-14-28-17/h4-5,11,13H,2-3,6-10,12,14H2,1H3,(H,23,26)(H,25,27). The van der Waals surface area contributed by atoms with E-state index in [1.165, 1.54) is 4.88 Å².